The van der Waals surface area contributed by atoms with E-state index in [2.05, 4.69) is 39.0 Å². The standard InChI is InChI=1S/C13H15BrN2O/c1-10(8-15)16-5-6-17-13(9-16)11-3-2-4-12(14)7-11/h2-4,7,10,13H,5-6,9H2,1H3/t10-,13-/m0/s1. The lowest BCUT2D eigenvalue weighted by Gasteiger charge is -2.34. The van der Waals surface area contributed by atoms with Crippen LogP contribution in [0, 0.1) is 11.3 Å². The Labute approximate surface area is 110 Å². The fourth-order valence-corrected chi connectivity index (χ4v) is 2.43. The molecule has 0 amide bonds. The minimum atomic E-state index is -0.0476. The molecule has 1 fully saturated rings. The molecule has 0 unspecified atom stereocenters. The van der Waals surface area contributed by atoms with Gasteiger partial charge in [0.15, 0.2) is 0 Å². The molecule has 90 valence electrons. The Hall–Kier alpha value is -0.890. The van der Waals surface area contributed by atoms with E-state index in [1.807, 2.05) is 19.1 Å². The molecule has 1 aliphatic rings. The van der Waals surface area contributed by atoms with Crippen molar-refractivity contribution in [3.63, 3.8) is 0 Å². The molecule has 0 aliphatic carbocycles. The monoisotopic (exact) mass is 294 g/mol. The summed E-state index contributed by atoms with van der Waals surface area (Å²) in [6.07, 6.45) is 0.0667. The number of rotatable bonds is 2. The van der Waals surface area contributed by atoms with Crippen molar-refractivity contribution in [3.05, 3.63) is 34.3 Å². The van der Waals surface area contributed by atoms with Crippen LogP contribution in [0.5, 0.6) is 0 Å². The summed E-state index contributed by atoms with van der Waals surface area (Å²) in [5.74, 6) is 0. The molecule has 0 saturated carbocycles. The second kappa shape index (κ2) is 5.63. The highest BCUT2D eigenvalue weighted by molar-refractivity contribution is 9.10. The number of halogens is 1. The van der Waals surface area contributed by atoms with Gasteiger partial charge in [0.1, 0.15) is 0 Å². The van der Waals surface area contributed by atoms with Crippen LogP contribution in [0.25, 0.3) is 0 Å². The van der Waals surface area contributed by atoms with Crippen LogP contribution in [-0.2, 0) is 4.74 Å². The molecular formula is C13H15BrN2O. The highest BCUT2D eigenvalue weighted by atomic mass is 79.9. The first-order chi connectivity index (χ1) is 8.20. The zero-order valence-corrected chi connectivity index (χ0v) is 11.4. The molecule has 1 aliphatic heterocycles. The largest absolute Gasteiger partial charge is 0.371 e. The van der Waals surface area contributed by atoms with Gasteiger partial charge in [-0.25, -0.2) is 0 Å². The molecule has 0 aromatic heterocycles. The Morgan fingerprint density at radius 2 is 2.41 bits per heavy atom. The maximum Gasteiger partial charge on any atom is 0.0953 e. The fourth-order valence-electron chi connectivity index (χ4n) is 2.01. The maximum absolute atomic E-state index is 8.95. The predicted octanol–water partition coefficient (Wildman–Crippen LogP) is 2.73. The molecule has 2 atom stereocenters. The van der Waals surface area contributed by atoms with Gasteiger partial charge in [-0.2, -0.15) is 5.26 Å². The van der Waals surface area contributed by atoms with Crippen LogP contribution in [0.2, 0.25) is 0 Å². The first-order valence-corrected chi connectivity index (χ1v) is 6.50. The van der Waals surface area contributed by atoms with Crippen molar-refractivity contribution in [1.29, 1.82) is 5.26 Å². The lowest BCUT2D eigenvalue weighted by atomic mass is 10.1. The molecule has 1 saturated heterocycles. The van der Waals surface area contributed by atoms with Crippen LogP contribution >= 0.6 is 15.9 Å². The molecule has 2 rings (SSSR count). The summed E-state index contributed by atoms with van der Waals surface area (Å²) < 4.78 is 6.83. The van der Waals surface area contributed by atoms with Gasteiger partial charge in [0, 0.05) is 17.6 Å². The van der Waals surface area contributed by atoms with Crippen LogP contribution in [0.3, 0.4) is 0 Å². The average molecular weight is 295 g/mol. The lowest BCUT2D eigenvalue weighted by Crippen LogP contribution is -2.42. The average Bonchev–Trinajstić information content (AvgIpc) is 2.38. The number of ether oxygens (including phenoxy) is 1. The van der Waals surface area contributed by atoms with E-state index in [1.54, 1.807) is 0 Å². The molecule has 1 aromatic carbocycles. The topological polar surface area (TPSA) is 36.3 Å². The quantitative estimate of drug-likeness (QED) is 0.841. The molecule has 0 N–H and O–H groups in total. The Kier molecular flexibility index (Phi) is 4.16. The Morgan fingerprint density at radius 3 is 3.12 bits per heavy atom. The summed E-state index contributed by atoms with van der Waals surface area (Å²) in [6.45, 7) is 4.23. The predicted molar refractivity (Wildman–Crippen MR) is 69.5 cm³/mol. The highest BCUT2D eigenvalue weighted by Crippen LogP contribution is 2.25. The zero-order chi connectivity index (χ0) is 12.3. The van der Waals surface area contributed by atoms with Crippen LogP contribution in [-0.4, -0.2) is 30.6 Å². The third kappa shape index (κ3) is 3.06. The van der Waals surface area contributed by atoms with E-state index >= 15 is 0 Å². The first kappa shape index (κ1) is 12.6. The second-order valence-electron chi connectivity index (χ2n) is 4.21. The highest BCUT2D eigenvalue weighted by Gasteiger charge is 2.25. The molecule has 0 radical (unpaired) electrons. The van der Waals surface area contributed by atoms with E-state index in [0.717, 1.165) is 23.1 Å². The summed E-state index contributed by atoms with van der Waals surface area (Å²) in [6, 6.07) is 10.4. The summed E-state index contributed by atoms with van der Waals surface area (Å²) >= 11 is 3.46. The van der Waals surface area contributed by atoms with Gasteiger partial charge < -0.3 is 4.74 Å². The van der Waals surface area contributed by atoms with Gasteiger partial charge in [0.25, 0.3) is 0 Å². The van der Waals surface area contributed by atoms with Crippen LogP contribution in [0.4, 0.5) is 0 Å². The second-order valence-corrected chi connectivity index (χ2v) is 5.13. The number of benzene rings is 1. The lowest BCUT2D eigenvalue weighted by molar-refractivity contribution is -0.0359. The summed E-state index contributed by atoms with van der Waals surface area (Å²) in [4.78, 5) is 2.16. The van der Waals surface area contributed by atoms with Gasteiger partial charge in [-0.1, -0.05) is 28.1 Å². The van der Waals surface area contributed by atoms with Crippen molar-refractivity contribution in [2.24, 2.45) is 0 Å². The summed E-state index contributed by atoms with van der Waals surface area (Å²) in [7, 11) is 0. The van der Waals surface area contributed by atoms with Crippen LogP contribution in [0.15, 0.2) is 28.7 Å². The van der Waals surface area contributed by atoms with E-state index in [4.69, 9.17) is 10.00 Å². The van der Waals surface area contributed by atoms with Gasteiger partial charge in [-0.05, 0) is 24.6 Å². The van der Waals surface area contributed by atoms with Gasteiger partial charge in [-0.3, -0.25) is 4.90 Å². The summed E-state index contributed by atoms with van der Waals surface area (Å²) in [5, 5.41) is 8.95. The van der Waals surface area contributed by atoms with Crippen molar-refractivity contribution < 1.29 is 4.74 Å². The molecule has 1 heterocycles. The van der Waals surface area contributed by atoms with Crippen LogP contribution < -0.4 is 0 Å². The number of nitrogens with zero attached hydrogens (tertiary/aromatic N) is 2. The minimum Gasteiger partial charge on any atom is -0.371 e. The molecule has 17 heavy (non-hydrogen) atoms. The molecular weight excluding hydrogens is 280 g/mol. The Balaban J connectivity index is 2.10. The third-order valence-corrected chi connectivity index (χ3v) is 3.55. The van der Waals surface area contributed by atoms with Crippen molar-refractivity contribution in [2.45, 2.75) is 19.1 Å². The molecule has 4 heteroatoms. The number of hydrogen-bond donors (Lipinski definition) is 0. The summed E-state index contributed by atoms with van der Waals surface area (Å²) in [5.41, 5.74) is 1.16. The maximum atomic E-state index is 8.95. The Bertz CT molecular complexity index is 430. The van der Waals surface area contributed by atoms with E-state index in [-0.39, 0.29) is 12.1 Å². The van der Waals surface area contributed by atoms with Crippen molar-refractivity contribution >= 4 is 15.9 Å². The normalized spacial score (nSPS) is 23.0. The van der Waals surface area contributed by atoms with Gasteiger partial charge in [0.05, 0.1) is 24.8 Å². The number of morpholine rings is 1. The fraction of sp³-hybridized carbons (Fsp3) is 0.462. The van der Waals surface area contributed by atoms with E-state index < -0.39 is 0 Å². The van der Waals surface area contributed by atoms with E-state index in [1.165, 1.54) is 0 Å². The number of nitriles is 1. The van der Waals surface area contributed by atoms with Gasteiger partial charge >= 0.3 is 0 Å². The van der Waals surface area contributed by atoms with Crippen molar-refractivity contribution in [3.8, 4) is 6.07 Å². The Morgan fingerprint density at radius 1 is 1.59 bits per heavy atom. The molecule has 0 bridgehead atoms. The van der Waals surface area contributed by atoms with Gasteiger partial charge in [-0.15, -0.1) is 0 Å². The van der Waals surface area contributed by atoms with Gasteiger partial charge in [0.2, 0.25) is 0 Å². The minimum absolute atomic E-state index is 0.0476. The first-order valence-electron chi connectivity index (χ1n) is 5.71. The molecule has 1 aromatic rings. The third-order valence-electron chi connectivity index (χ3n) is 3.05. The van der Waals surface area contributed by atoms with E-state index in [0.29, 0.717) is 6.61 Å². The molecule has 3 nitrogen and oxygen atoms in total. The van der Waals surface area contributed by atoms with Crippen molar-refractivity contribution in [2.75, 3.05) is 19.7 Å². The zero-order valence-electron chi connectivity index (χ0n) is 9.77. The van der Waals surface area contributed by atoms with Crippen LogP contribution in [0.1, 0.15) is 18.6 Å². The van der Waals surface area contributed by atoms with Crippen molar-refractivity contribution in [1.82, 2.24) is 4.90 Å². The SMILES string of the molecule is C[C@@H](C#N)N1CCO[C@H](c2cccc(Br)c2)C1. The van der Waals surface area contributed by atoms with E-state index in [9.17, 15) is 0 Å². The molecule has 0 spiro atoms. The number of hydrogen-bond acceptors (Lipinski definition) is 3. The smallest absolute Gasteiger partial charge is 0.0953 e.